The molecule has 7 nitrogen and oxygen atoms in total. The zero-order chi connectivity index (χ0) is 17.1. The Kier molecular flexibility index (Phi) is 4.61. The van der Waals surface area contributed by atoms with Crippen molar-refractivity contribution in [3.63, 3.8) is 0 Å². The molecule has 24 heavy (non-hydrogen) atoms. The number of carbonyl (C=O) groups is 1. The average molecular weight is 327 g/mol. The smallest absolute Gasteiger partial charge is 0.259 e. The highest BCUT2D eigenvalue weighted by atomic mass is 16.3. The number of aromatic hydroxyl groups is 1. The van der Waals surface area contributed by atoms with Crippen LogP contribution in [0.1, 0.15) is 16.1 Å². The maximum absolute atomic E-state index is 12.4. The van der Waals surface area contributed by atoms with Gasteiger partial charge in [0.05, 0.1) is 11.3 Å². The van der Waals surface area contributed by atoms with Gasteiger partial charge in [-0.3, -0.25) is 4.79 Å². The fourth-order valence-electron chi connectivity index (χ4n) is 2.62. The fraction of sp³-hybridized carbons (Fsp3) is 0.353. The van der Waals surface area contributed by atoms with Crippen molar-refractivity contribution in [1.82, 2.24) is 14.9 Å². The molecule has 3 rings (SSSR count). The molecule has 0 radical (unpaired) electrons. The molecule has 1 aliphatic heterocycles. The standard InChI is InChI=1S/C17H21N5O2/c1-12-15(16(24)20-13-4-3-5-14(23)10-13)11-18-17(19-12)22-8-6-21(2)7-9-22/h3-5,10-11,23H,6-9H2,1-2H3,(H,20,24). The number of aryl methyl sites for hydroxylation is 1. The molecule has 0 atom stereocenters. The number of hydrogen-bond donors (Lipinski definition) is 2. The summed E-state index contributed by atoms with van der Waals surface area (Å²) in [4.78, 5) is 25.6. The van der Waals surface area contributed by atoms with Crippen molar-refractivity contribution in [2.75, 3.05) is 43.4 Å². The largest absolute Gasteiger partial charge is 0.508 e. The van der Waals surface area contributed by atoms with Gasteiger partial charge in [0.25, 0.3) is 5.91 Å². The minimum absolute atomic E-state index is 0.103. The summed E-state index contributed by atoms with van der Waals surface area (Å²) in [6.45, 7) is 5.51. The fourth-order valence-corrected chi connectivity index (χ4v) is 2.62. The third kappa shape index (κ3) is 3.62. The number of phenols is 1. The molecule has 1 fully saturated rings. The topological polar surface area (TPSA) is 81.6 Å². The third-order valence-corrected chi connectivity index (χ3v) is 4.10. The summed E-state index contributed by atoms with van der Waals surface area (Å²) in [5.74, 6) is 0.476. The number of piperazine rings is 1. The van der Waals surface area contributed by atoms with Crippen molar-refractivity contribution >= 4 is 17.5 Å². The first-order valence-electron chi connectivity index (χ1n) is 7.90. The summed E-state index contributed by atoms with van der Waals surface area (Å²) in [6, 6.07) is 6.43. The molecule has 2 heterocycles. The van der Waals surface area contributed by atoms with E-state index in [1.165, 1.54) is 6.07 Å². The van der Waals surface area contributed by atoms with Gasteiger partial charge in [-0.25, -0.2) is 9.97 Å². The van der Waals surface area contributed by atoms with Gasteiger partial charge in [-0.15, -0.1) is 0 Å². The molecule has 0 aliphatic carbocycles. The minimum atomic E-state index is -0.289. The molecule has 2 aromatic rings. The van der Waals surface area contributed by atoms with E-state index >= 15 is 0 Å². The second kappa shape index (κ2) is 6.84. The number of aromatic nitrogens is 2. The molecule has 1 amide bonds. The zero-order valence-corrected chi connectivity index (χ0v) is 13.9. The van der Waals surface area contributed by atoms with Crippen molar-refractivity contribution < 1.29 is 9.90 Å². The lowest BCUT2D eigenvalue weighted by atomic mass is 10.2. The van der Waals surface area contributed by atoms with Gasteiger partial charge in [0, 0.05) is 44.1 Å². The first-order chi connectivity index (χ1) is 11.5. The maximum Gasteiger partial charge on any atom is 0.259 e. The predicted octanol–water partition coefficient (Wildman–Crippen LogP) is 1.49. The van der Waals surface area contributed by atoms with Gasteiger partial charge in [0.1, 0.15) is 5.75 Å². The highest BCUT2D eigenvalue weighted by Gasteiger charge is 2.18. The second-order valence-electron chi connectivity index (χ2n) is 5.96. The van der Waals surface area contributed by atoms with Crippen LogP contribution in [0.4, 0.5) is 11.6 Å². The molecule has 126 valence electrons. The minimum Gasteiger partial charge on any atom is -0.508 e. The Morgan fingerprint density at radius 1 is 1.25 bits per heavy atom. The van der Waals surface area contributed by atoms with Gasteiger partial charge < -0.3 is 20.2 Å². The average Bonchev–Trinajstić information content (AvgIpc) is 2.55. The summed E-state index contributed by atoms with van der Waals surface area (Å²) in [7, 11) is 2.10. The summed E-state index contributed by atoms with van der Waals surface area (Å²) >= 11 is 0. The number of nitrogens with zero attached hydrogens (tertiary/aromatic N) is 4. The second-order valence-corrected chi connectivity index (χ2v) is 5.96. The number of hydrogen-bond acceptors (Lipinski definition) is 6. The highest BCUT2D eigenvalue weighted by molar-refractivity contribution is 6.04. The lowest BCUT2D eigenvalue weighted by Crippen LogP contribution is -2.45. The molecule has 1 aliphatic rings. The highest BCUT2D eigenvalue weighted by Crippen LogP contribution is 2.18. The number of rotatable bonds is 3. The monoisotopic (exact) mass is 327 g/mol. The van der Waals surface area contributed by atoms with Gasteiger partial charge in [0.15, 0.2) is 0 Å². The SMILES string of the molecule is Cc1nc(N2CCN(C)CC2)ncc1C(=O)Nc1cccc(O)c1. The summed E-state index contributed by atoms with van der Waals surface area (Å²) < 4.78 is 0. The molecule has 1 aromatic carbocycles. The van der Waals surface area contributed by atoms with E-state index < -0.39 is 0 Å². The van der Waals surface area contributed by atoms with Gasteiger partial charge in [-0.1, -0.05) is 6.07 Å². The van der Waals surface area contributed by atoms with Gasteiger partial charge in [0.2, 0.25) is 5.95 Å². The van der Waals surface area contributed by atoms with Crippen LogP contribution in [0.3, 0.4) is 0 Å². The molecule has 0 spiro atoms. The lowest BCUT2D eigenvalue weighted by Gasteiger charge is -2.32. The molecule has 0 bridgehead atoms. The summed E-state index contributed by atoms with van der Waals surface area (Å²) in [6.07, 6.45) is 1.56. The van der Waals surface area contributed by atoms with Gasteiger partial charge in [-0.2, -0.15) is 0 Å². The molecule has 0 saturated carbocycles. The molecule has 2 N–H and O–H groups in total. The van der Waals surface area contributed by atoms with E-state index in [1.807, 2.05) is 0 Å². The van der Waals surface area contributed by atoms with Crippen LogP contribution in [0.2, 0.25) is 0 Å². The summed E-state index contributed by atoms with van der Waals surface area (Å²) in [5, 5.41) is 12.2. The van der Waals surface area contributed by atoms with Crippen LogP contribution >= 0.6 is 0 Å². The van der Waals surface area contributed by atoms with Crippen molar-refractivity contribution in [3.8, 4) is 5.75 Å². The summed E-state index contributed by atoms with van der Waals surface area (Å²) in [5.41, 5.74) is 1.59. The van der Waals surface area contributed by atoms with Crippen molar-refractivity contribution in [3.05, 3.63) is 41.7 Å². The predicted molar refractivity (Wildman–Crippen MR) is 92.5 cm³/mol. The number of benzene rings is 1. The Morgan fingerprint density at radius 3 is 2.67 bits per heavy atom. The molecule has 7 heteroatoms. The van der Waals surface area contributed by atoms with E-state index in [-0.39, 0.29) is 11.7 Å². The number of anilines is 2. The van der Waals surface area contributed by atoms with Gasteiger partial charge in [-0.05, 0) is 26.1 Å². The normalized spacial score (nSPS) is 15.3. The zero-order valence-electron chi connectivity index (χ0n) is 13.9. The molecular weight excluding hydrogens is 306 g/mol. The van der Waals surface area contributed by atoms with Crippen molar-refractivity contribution in [2.45, 2.75) is 6.92 Å². The molecular formula is C17H21N5O2. The maximum atomic E-state index is 12.4. The number of nitrogens with one attached hydrogen (secondary N) is 1. The first-order valence-corrected chi connectivity index (χ1v) is 7.90. The number of likely N-dealkylation sites (N-methyl/N-ethyl adjacent to an activating group) is 1. The van der Waals surface area contributed by atoms with E-state index in [9.17, 15) is 9.90 Å². The molecule has 1 saturated heterocycles. The molecule has 0 unspecified atom stereocenters. The Hall–Kier alpha value is -2.67. The number of phenolic OH excluding ortho intramolecular Hbond substituents is 1. The van der Waals surface area contributed by atoms with Crippen molar-refractivity contribution in [1.29, 1.82) is 0 Å². The van der Waals surface area contributed by atoms with E-state index in [2.05, 4.69) is 32.1 Å². The van der Waals surface area contributed by atoms with Crippen LogP contribution < -0.4 is 10.2 Å². The van der Waals surface area contributed by atoms with E-state index in [0.29, 0.717) is 22.9 Å². The number of amides is 1. The van der Waals surface area contributed by atoms with Gasteiger partial charge >= 0.3 is 0 Å². The van der Waals surface area contributed by atoms with Crippen LogP contribution in [0.5, 0.6) is 5.75 Å². The van der Waals surface area contributed by atoms with Crippen LogP contribution in [-0.4, -0.2) is 59.1 Å². The first kappa shape index (κ1) is 16.2. The van der Waals surface area contributed by atoms with E-state index in [0.717, 1.165) is 26.2 Å². The Balaban J connectivity index is 1.73. The van der Waals surface area contributed by atoms with Crippen LogP contribution in [0.15, 0.2) is 30.5 Å². The van der Waals surface area contributed by atoms with Crippen LogP contribution in [0, 0.1) is 6.92 Å². The Labute approximate surface area is 141 Å². The van der Waals surface area contributed by atoms with E-state index in [1.54, 1.807) is 31.3 Å². The van der Waals surface area contributed by atoms with E-state index in [4.69, 9.17) is 0 Å². The molecule has 1 aromatic heterocycles. The van der Waals surface area contributed by atoms with Crippen molar-refractivity contribution in [2.24, 2.45) is 0 Å². The Bertz CT molecular complexity index is 742. The van der Waals surface area contributed by atoms with Crippen LogP contribution in [-0.2, 0) is 0 Å². The van der Waals surface area contributed by atoms with Crippen LogP contribution in [0.25, 0.3) is 0 Å². The Morgan fingerprint density at radius 2 is 2.00 bits per heavy atom. The lowest BCUT2D eigenvalue weighted by molar-refractivity contribution is 0.102. The quantitative estimate of drug-likeness (QED) is 0.889. The number of carbonyl (C=O) groups excluding carboxylic acids is 1. The third-order valence-electron chi connectivity index (χ3n) is 4.10.